The van der Waals surface area contributed by atoms with E-state index in [2.05, 4.69) is 5.32 Å². The molecule has 126 valence electrons. The lowest BCUT2D eigenvalue weighted by atomic mass is 10.1. The second-order valence-corrected chi connectivity index (χ2v) is 6.26. The lowest BCUT2D eigenvalue weighted by molar-refractivity contribution is -0.135. The number of alkyl halides is 3. The normalized spacial score (nSPS) is 13.9. The van der Waals surface area contributed by atoms with Crippen molar-refractivity contribution in [1.82, 2.24) is 10.2 Å². The van der Waals surface area contributed by atoms with E-state index >= 15 is 0 Å². The number of hydrogen-bond acceptors (Lipinski definition) is 3. The summed E-state index contributed by atoms with van der Waals surface area (Å²) in [6, 6.07) is -0.0145. The number of carbonyl (C=O) groups excluding carboxylic acids is 1. The van der Waals surface area contributed by atoms with Crippen LogP contribution < -0.4 is 5.32 Å². The minimum Gasteiger partial charge on any atom is -0.444 e. The molecular formula is C14H27F3N2O2. The highest BCUT2D eigenvalue weighted by molar-refractivity contribution is 5.67. The van der Waals surface area contributed by atoms with E-state index in [4.69, 9.17) is 4.74 Å². The van der Waals surface area contributed by atoms with Crippen molar-refractivity contribution < 1.29 is 22.7 Å². The number of nitrogens with zero attached hydrogens (tertiary/aromatic N) is 1. The number of rotatable bonds is 7. The Kier molecular flexibility index (Phi) is 8.06. The van der Waals surface area contributed by atoms with Crippen LogP contribution in [0, 0.1) is 0 Å². The van der Waals surface area contributed by atoms with Crippen molar-refractivity contribution in [3.8, 4) is 0 Å². The van der Waals surface area contributed by atoms with E-state index in [1.54, 1.807) is 27.8 Å². The summed E-state index contributed by atoms with van der Waals surface area (Å²) < 4.78 is 41.2. The van der Waals surface area contributed by atoms with Gasteiger partial charge in [-0.3, -0.25) is 0 Å². The molecule has 7 heteroatoms. The fraction of sp³-hybridized carbons (Fsp3) is 0.929. The van der Waals surface area contributed by atoms with Gasteiger partial charge in [0.25, 0.3) is 0 Å². The van der Waals surface area contributed by atoms with Crippen molar-refractivity contribution in [3.63, 3.8) is 0 Å². The number of amides is 1. The van der Waals surface area contributed by atoms with Crippen molar-refractivity contribution in [1.29, 1.82) is 0 Å². The number of hydrogen-bond donors (Lipinski definition) is 1. The van der Waals surface area contributed by atoms with Gasteiger partial charge in [0.15, 0.2) is 0 Å². The Hall–Kier alpha value is -0.980. The summed E-state index contributed by atoms with van der Waals surface area (Å²) in [7, 11) is 1.63. The average molecular weight is 312 g/mol. The van der Waals surface area contributed by atoms with Crippen molar-refractivity contribution in [2.75, 3.05) is 20.1 Å². The molecule has 1 atom stereocenters. The van der Waals surface area contributed by atoms with E-state index in [9.17, 15) is 18.0 Å². The Balaban J connectivity index is 3.80. The van der Waals surface area contributed by atoms with Gasteiger partial charge in [0.05, 0.1) is 0 Å². The largest absolute Gasteiger partial charge is 0.444 e. The number of halogens is 3. The van der Waals surface area contributed by atoms with Crippen LogP contribution in [0.25, 0.3) is 0 Å². The fourth-order valence-corrected chi connectivity index (χ4v) is 1.62. The van der Waals surface area contributed by atoms with Crippen LogP contribution >= 0.6 is 0 Å². The van der Waals surface area contributed by atoms with Gasteiger partial charge in [0, 0.05) is 32.6 Å². The SMILES string of the molecule is CC(CCCC(F)(F)F)NCCN(C)C(=O)OC(C)(C)C. The molecule has 0 saturated carbocycles. The van der Waals surface area contributed by atoms with Gasteiger partial charge in [-0.2, -0.15) is 13.2 Å². The van der Waals surface area contributed by atoms with Gasteiger partial charge >= 0.3 is 12.3 Å². The summed E-state index contributed by atoms with van der Waals surface area (Å²) in [4.78, 5) is 13.1. The maximum absolute atomic E-state index is 12.0. The molecule has 0 rings (SSSR count). The van der Waals surface area contributed by atoms with Crippen molar-refractivity contribution in [3.05, 3.63) is 0 Å². The molecule has 0 bridgehead atoms. The topological polar surface area (TPSA) is 41.6 Å². The van der Waals surface area contributed by atoms with Gasteiger partial charge in [0.1, 0.15) is 5.60 Å². The summed E-state index contributed by atoms with van der Waals surface area (Å²) in [5.74, 6) is 0. The molecule has 1 unspecified atom stereocenters. The molecule has 21 heavy (non-hydrogen) atoms. The molecule has 1 amide bonds. The van der Waals surface area contributed by atoms with Crippen LogP contribution in [0.2, 0.25) is 0 Å². The maximum Gasteiger partial charge on any atom is 0.410 e. The van der Waals surface area contributed by atoms with E-state index in [1.807, 2.05) is 6.92 Å². The smallest absolute Gasteiger partial charge is 0.410 e. The monoisotopic (exact) mass is 312 g/mol. The molecule has 0 saturated heterocycles. The summed E-state index contributed by atoms with van der Waals surface area (Å²) in [5, 5.41) is 3.10. The highest BCUT2D eigenvalue weighted by Gasteiger charge is 2.26. The van der Waals surface area contributed by atoms with Gasteiger partial charge in [0.2, 0.25) is 0 Å². The van der Waals surface area contributed by atoms with E-state index in [0.717, 1.165) is 0 Å². The summed E-state index contributed by atoms with van der Waals surface area (Å²) in [6.45, 7) is 8.17. The van der Waals surface area contributed by atoms with Crippen LogP contribution in [0.5, 0.6) is 0 Å². The molecule has 0 aromatic rings. The van der Waals surface area contributed by atoms with E-state index in [-0.39, 0.29) is 12.5 Å². The van der Waals surface area contributed by atoms with Crippen molar-refractivity contribution in [2.24, 2.45) is 0 Å². The number of ether oxygens (including phenoxy) is 1. The third kappa shape index (κ3) is 12.5. The molecule has 0 fully saturated rings. The molecule has 0 aliphatic heterocycles. The highest BCUT2D eigenvalue weighted by Crippen LogP contribution is 2.22. The van der Waals surface area contributed by atoms with E-state index in [1.165, 1.54) is 4.90 Å². The van der Waals surface area contributed by atoms with Gasteiger partial charge in [-0.1, -0.05) is 0 Å². The first-order valence-corrected chi connectivity index (χ1v) is 7.15. The van der Waals surface area contributed by atoms with E-state index < -0.39 is 24.3 Å². The van der Waals surface area contributed by atoms with Crippen LogP contribution in [0.1, 0.15) is 47.0 Å². The molecule has 0 heterocycles. The predicted octanol–water partition coefficient (Wildman–Crippen LogP) is 3.56. The molecule has 0 aliphatic rings. The summed E-state index contributed by atoms with van der Waals surface area (Å²) in [6.07, 6.45) is -4.68. The average Bonchev–Trinajstić information content (AvgIpc) is 2.24. The molecule has 0 aliphatic carbocycles. The molecule has 0 aromatic carbocycles. The zero-order chi connectivity index (χ0) is 16.7. The van der Waals surface area contributed by atoms with Gasteiger partial charge in [-0.25, -0.2) is 4.79 Å². The van der Waals surface area contributed by atoms with Crippen LogP contribution in [-0.4, -0.2) is 48.9 Å². The van der Waals surface area contributed by atoms with Crippen LogP contribution in [0.3, 0.4) is 0 Å². The maximum atomic E-state index is 12.0. The molecule has 1 N–H and O–H groups in total. The summed E-state index contributed by atoms with van der Waals surface area (Å²) >= 11 is 0. The molecular weight excluding hydrogens is 285 g/mol. The fourth-order valence-electron chi connectivity index (χ4n) is 1.62. The quantitative estimate of drug-likeness (QED) is 0.781. The number of likely N-dealkylation sites (N-methyl/N-ethyl adjacent to an activating group) is 1. The zero-order valence-corrected chi connectivity index (χ0v) is 13.5. The minimum atomic E-state index is -4.09. The van der Waals surface area contributed by atoms with Gasteiger partial charge < -0.3 is 15.0 Å². The first kappa shape index (κ1) is 20.0. The Morgan fingerprint density at radius 3 is 2.33 bits per heavy atom. The van der Waals surface area contributed by atoms with Crippen molar-refractivity contribution >= 4 is 6.09 Å². The van der Waals surface area contributed by atoms with Crippen LogP contribution in [-0.2, 0) is 4.74 Å². The number of carbonyl (C=O) groups is 1. The second kappa shape index (κ2) is 8.46. The van der Waals surface area contributed by atoms with E-state index in [0.29, 0.717) is 19.5 Å². The third-order valence-corrected chi connectivity index (χ3v) is 2.74. The Morgan fingerprint density at radius 1 is 1.29 bits per heavy atom. The Morgan fingerprint density at radius 2 is 1.86 bits per heavy atom. The Bertz CT molecular complexity index is 314. The molecule has 0 spiro atoms. The first-order chi connectivity index (χ1) is 9.41. The van der Waals surface area contributed by atoms with Crippen molar-refractivity contribution in [2.45, 2.75) is 64.8 Å². The number of nitrogens with one attached hydrogen (secondary N) is 1. The third-order valence-electron chi connectivity index (χ3n) is 2.74. The standard InChI is InChI=1S/C14H27F3N2O2/c1-11(7-6-8-14(15,16)17)18-9-10-19(5)12(20)21-13(2,3)4/h11,18H,6-10H2,1-5H3. The summed E-state index contributed by atoms with van der Waals surface area (Å²) in [5.41, 5.74) is -0.538. The minimum absolute atomic E-state index is 0.0145. The van der Waals surface area contributed by atoms with Crippen LogP contribution in [0.15, 0.2) is 0 Å². The van der Waals surface area contributed by atoms with Gasteiger partial charge in [-0.05, 0) is 40.5 Å². The lowest BCUT2D eigenvalue weighted by Crippen LogP contribution is -2.39. The van der Waals surface area contributed by atoms with Gasteiger partial charge in [-0.15, -0.1) is 0 Å². The first-order valence-electron chi connectivity index (χ1n) is 7.15. The molecule has 0 radical (unpaired) electrons. The van der Waals surface area contributed by atoms with Crippen LogP contribution in [0.4, 0.5) is 18.0 Å². The Labute approximate surface area is 125 Å². The molecule has 4 nitrogen and oxygen atoms in total. The second-order valence-electron chi connectivity index (χ2n) is 6.26. The highest BCUT2D eigenvalue weighted by atomic mass is 19.4. The predicted molar refractivity (Wildman–Crippen MR) is 76.2 cm³/mol. The zero-order valence-electron chi connectivity index (χ0n) is 13.5. The molecule has 0 aromatic heterocycles. The lowest BCUT2D eigenvalue weighted by Gasteiger charge is -2.25.